The predicted molar refractivity (Wildman–Crippen MR) is 108 cm³/mol. The van der Waals surface area contributed by atoms with Crippen molar-refractivity contribution in [3.63, 3.8) is 0 Å². The first-order valence-corrected chi connectivity index (χ1v) is 9.58. The molecule has 150 valence electrons. The van der Waals surface area contributed by atoms with Crippen molar-refractivity contribution >= 4 is 22.9 Å². The Morgan fingerprint density at radius 2 is 2.00 bits per heavy atom. The van der Waals surface area contributed by atoms with Crippen LogP contribution >= 0.6 is 0 Å². The van der Waals surface area contributed by atoms with Crippen LogP contribution in [0.3, 0.4) is 0 Å². The minimum absolute atomic E-state index is 0.00251. The lowest BCUT2D eigenvalue weighted by Crippen LogP contribution is -2.36. The molecular formula is C22H23N3O4. The van der Waals surface area contributed by atoms with E-state index in [1.54, 1.807) is 37.3 Å². The standard InChI is InChI=1S/C22H23N3O4/c1-25(15-9-7-13(11-15)20(23)26)22(27)14-8-10-16(19(12-14)28-2)21-24-17-5-3-4-6-18(17)29-21/h3-6,8,10,12-13,15H,7,9,11H2,1-2H3,(H2,23,26)/t13-,15+/m0/s1. The van der Waals surface area contributed by atoms with E-state index in [1.165, 1.54) is 0 Å². The molecule has 1 heterocycles. The summed E-state index contributed by atoms with van der Waals surface area (Å²) in [7, 11) is 3.31. The van der Waals surface area contributed by atoms with Crippen LogP contribution in [-0.2, 0) is 4.79 Å². The molecule has 1 aliphatic rings. The molecule has 0 unspecified atom stereocenters. The van der Waals surface area contributed by atoms with Gasteiger partial charge in [0.25, 0.3) is 5.91 Å². The van der Waals surface area contributed by atoms with Crippen LogP contribution in [0.5, 0.6) is 5.75 Å². The van der Waals surface area contributed by atoms with Crippen molar-refractivity contribution in [2.45, 2.75) is 25.3 Å². The number of para-hydroxylation sites is 2. The third kappa shape index (κ3) is 3.55. The van der Waals surface area contributed by atoms with E-state index in [0.29, 0.717) is 34.8 Å². The van der Waals surface area contributed by atoms with Crippen LogP contribution in [0.25, 0.3) is 22.6 Å². The molecule has 7 heteroatoms. The smallest absolute Gasteiger partial charge is 0.253 e. The second-order valence-corrected chi connectivity index (χ2v) is 7.38. The molecule has 1 aliphatic carbocycles. The van der Waals surface area contributed by atoms with Gasteiger partial charge in [-0.05, 0) is 49.6 Å². The van der Waals surface area contributed by atoms with Gasteiger partial charge in [0.1, 0.15) is 11.3 Å². The lowest BCUT2D eigenvalue weighted by Gasteiger charge is -2.25. The molecule has 4 rings (SSSR count). The van der Waals surface area contributed by atoms with Gasteiger partial charge in [0.05, 0.1) is 12.7 Å². The fourth-order valence-corrected chi connectivity index (χ4v) is 3.93. The summed E-state index contributed by atoms with van der Waals surface area (Å²) in [6.45, 7) is 0. The van der Waals surface area contributed by atoms with Gasteiger partial charge in [0.15, 0.2) is 5.58 Å². The summed E-state index contributed by atoms with van der Waals surface area (Å²) in [4.78, 5) is 30.6. The van der Waals surface area contributed by atoms with Gasteiger partial charge in [-0.1, -0.05) is 12.1 Å². The van der Waals surface area contributed by atoms with Crippen molar-refractivity contribution in [3.8, 4) is 17.2 Å². The summed E-state index contributed by atoms with van der Waals surface area (Å²) in [6, 6.07) is 12.7. The van der Waals surface area contributed by atoms with Crippen molar-refractivity contribution in [1.29, 1.82) is 0 Å². The summed E-state index contributed by atoms with van der Waals surface area (Å²) in [6.07, 6.45) is 2.10. The zero-order valence-electron chi connectivity index (χ0n) is 16.4. The molecule has 3 aromatic rings. The average molecular weight is 393 g/mol. The lowest BCUT2D eigenvalue weighted by molar-refractivity contribution is -0.121. The van der Waals surface area contributed by atoms with Gasteiger partial charge in [-0.25, -0.2) is 4.98 Å². The van der Waals surface area contributed by atoms with Gasteiger partial charge in [0, 0.05) is 24.6 Å². The molecule has 2 amide bonds. The second kappa shape index (κ2) is 7.58. The molecule has 1 saturated carbocycles. The molecule has 2 atom stereocenters. The Balaban J connectivity index is 1.59. The number of fused-ring (bicyclic) bond motifs is 1. The SMILES string of the molecule is COc1cc(C(=O)N(C)[C@@H]2CC[C@H](C(N)=O)C2)ccc1-c1nc2ccccc2o1. The molecule has 0 radical (unpaired) electrons. The normalized spacial score (nSPS) is 18.7. The van der Waals surface area contributed by atoms with E-state index in [2.05, 4.69) is 4.98 Å². The van der Waals surface area contributed by atoms with E-state index in [0.717, 1.165) is 18.4 Å². The largest absolute Gasteiger partial charge is 0.496 e. The zero-order valence-corrected chi connectivity index (χ0v) is 16.4. The molecule has 2 aromatic carbocycles. The van der Waals surface area contributed by atoms with E-state index in [-0.39, 0.29) is 23.8 Å². The average Bonchev–Trinajstić information content (AvgIpc) is 3.39. The number of methoxy groups -OCH3 is 1. The van der Waals surface area contributed by atoms with E-state index < -0.39 is 0 Å². The molecule has 0 aliphatic heterocycles. The monoisotopic (exact) mass is 393 g/mol. The molecule has 1 fully saturated rings. The summed E-state index contributed by atoms with van der Waals surface area (Å²) >= 11 is 0. The summed E-state index contributed by atoms with van der Waals surface area (Å²) in [5.41, 5.74) is 8.04. The number of nitrogens with two attached hydrogens (primary N) is 1. The fourth-order valence-electron chi connectivity index (χ4n) is 3.93. The quantitative estimate of drug-likeness (QED) is 0.717. The first-order valence-electron chi connectivity index (χ1n) is 9.58. The summed E-state index contributed by atoms with van der Waals surface area (Å²) < 4.78 is 11.3. The number of amides is 2. The highest BCUT2D eigenvalue weighted by Gasteiger charge is 2.33. The number of benzene rings is 2. The summed E-state index contributed by atoms with van der Waals surface area (Å²) in [5.74, 6) is 0.374. The number of hydrogen-bond acceptors (Lipinski definition) is 5. The van der Waals surface area contributed by atoms with Gasteiger partial charge in [0.2, 0.25) is 11.8 Å². The van der Waals surface area contributed by atoms with E-state index in [9.17, 15) is 9.59 Å². The fraction of sp³-hybridized carbons (Fsp3) is 0.318. The Labute approximate surface area is 168 Å². The molecule has 0 saturated heterocycles. The van der Waals surface area contributed by atoms with Crippen molar-refractivity contribution < 1.29 is 18.7 Å². The highest BCUT2D eigenvalue weighted by atomic mass is 16.5. The molecule has 29 heavy (non-hydrogen) atoms. The van der Waals surface area contributed by atoms with Crippen LogP contribution in [-0.4, -0.2) is 41.9 Å². The van der Waals surface area contributed by atoms with Gasteiger partial charge >= 0.3 is 0 Å². The Bertz CT molecular complexity index is 1040. The van der Waals surface area contributed by atoms with Crippen LogP contribution in [0.4, 0.5) is 0 Å². The van der Waals surface area contributed by atoms with E-state index >= 15 is 0 Å². The number of primary amides is 1. The van der Waals surface area contributed by atoms with Crippen LogP contribution in [0.2, 0.25) is 0 Å². The molecular weight excluding hydrogens is 370 g/mol. The Hall–Kier alpha value is -3.35. The maximum Gasteiger partial charge on any atom is 0.253 e. The Kier molecular flexibility index (Phi) is 4.96. The van der Waals surface area contributed by atoms with Crippen LogP contribution in [0.15, 0.2) is 46.9 Å². The zero-order chi connectivity index (χ0) is 20.5. The highest BCUT2D eigenvalue weighted by molar-refractivity contribution is 5.95. The van der Waals surface area contributed by atoms with Crippen molar-refractivity contribution in [1.82, 2.24) is 9.88 Å². The summed E-state index contributed by atoms with van der Waals surface area (Å²) in [5, 5.41) is 0. The van der Waals surface area contributed by atoms with Crippen LogP contribution in [0.1, 0.15) is 29.6 Å². The Morgan fingerprint density at radius 3 is 2.69 bits per heavy atom. The van der Waals surface area contributed by atoms with E-state index in [4.69, 9.17) is 14.9 Å². The highest BCUT2D eigenvalue weighted by Crippen LogP contribution is 2.34. The minimum atomic E-state index is -0.294. The van der Waals surface area contributed by atoms with E-state index in [1.807, 2.05) is 24.3 Å². The molecule has 2 N–H and O–H groups in total. The number of carbonyl (C=O) groups excluding carboxylic acids is 2. The maximum absolute atomic E-state index is 13.0. The second-order valence-electron chi connectivity index (χ2n) is 7.38. The number of ether oxygens (including phenoxy) is 1. The van der Waals surface area contributed by atoms with Gasteiger partial charge in [-0.2, -0.15) is 0 Å². The van der Waals surface area contributed by atoms with Crippen molar-refractivity contribution in [2.75, 3.05) is 14.2 Å². The topological polar surface area (TPSA) is 98.7 Å². The predicted octanol–water partition coefficient (Wildman–Crippen LogP) is 3.23. The Morgan fingerprint density at radius 1 is 1.21 bits per heavy atom. The molecule has 0 spiro atoms. The lowest BCUT2D eigenvalue weighted by atomic mass is 10.1. The van der Waals surface area contributed by atoms with Crippen molar-refractivity contribution in [3.05, 3.63) is 48.0 Å². The van der Waals surface area contributed by atoms with Crippen LogP contribution < -0.4 is 10.5 Å². The van der Waals surface area contributed by atoms with Gasteiger partial charge < -0.3 is 19.8 Å². The third-order valence-corrected chi connectivity index (χ3v) is 5.65. The number of aromatic nitrogens is 1. The third-order valence-electron chi connectivity index (χ3n) is 5.65. The number of oxazole rings is 1. The molecule has 0 bridgehead atoms. The van der Waals surface area contributed by atoms with Gasteiger partial charge in [-0.15, -0.1) is 0 Å². The number of hydrogen-bond donors (Lipinski definition) is 1. The molecule has 7 nitrogen and oxygen atoms in total. The van der Waals surface area contributed by atoms with Crippen molar-refractivity contribution in [2.24, 2.45) is 11.7 Å². The minimum Gasteiger partial charge on any atom is -0.496 e. The number of carbonyl (C=O) groups is 2. The number of nitrogens with zero attached hydrogens (tertiary/aromatic N) is 2. The number of rotatable bonds is 5. The maximum atomic E-state index is 13.0. The first kappa shape index (κ1) is 19.0. The first-order chi connectivity index (χ1) is 14.0. The van der Waals surface area contributed by atoms with Gasteiger partial charge in [-0.3, -0.25) is 9.59 Å². The molecule has 1 aromatic heterocycles. The van der Waals surface area contributed by atoms with Crippen LogP contribution in [0, 0.1) is 5.92 Å².